The first kappa shape index (κ1) is 28.5. The first-order valence-corrected chi connectivity index (χ1v) is 14.6. The van der Waals surface area contributed by atoms with Gasteiger partial charge < -0.3 is 18.8 Å². The largest absolute Gasteiger partial charge is 0.376 e. The molecule has 1 fully saturated rings. The lowest BCUT2D eigenvalue weighted by Crippen LogP contribution is -2.37. The van der Waals surface area contributed by atoms with Crippen LogP contribution in [0.2, 0.25) is 5.02 Å². The first-order valence-electron chi connectivity index (χ1n) is 12.5. The fourth-order valence-electron chi connectivity index (χ4n) is 4.29. The molecular weight excluding hydrogens is 532 g/mol. The van der Waals surface area contributed by atoms with Crippen molar-refractivity contribution >= 4 is 21.4 Å². The molecule has 13 heteroatoms. The summed E-state index contributed by atoms with van der Waals surface area (Å²) in [6, 6.07) is 5.27. The smallest absolute Gasteiger partial charge is 0.182 e. The van der Waals surface area contributed by atoms with Crippen molar-refractivity contribution in [2.75, 3.05) is 19.8 Å². The van der Waals surface area contributed by atoms with Crippen LogP contribution in [-0.4, -0.2) is 75.4 Å². The Labute approximate surface area is 227 Å². The predicted octanol–water partition coefficient (Wildman–Crippen LogP) is 3.54. The van der Waals surface area contributed by atoms with Gasteiger partial charge in [0.25, 0.3) is 0 Å². The Hall–Kier alpha value is -2.51. The number of hydrogen-bond acceptors (Lipinski definition) is 10. The zero-order valence-electron chi connectivity index (χ0n) is 22.1. The molecule has 4 heterocycles. The highest BCUT2D eigenvalue weighted by Gasteiger charge is 2.37. The van der Waals surface area contributed by atoms with Crippen molar-refractivity contribution in [3.8, 4) is 11.5 Å². The van der Waals surface area contributed by atoms with Crippen LogP contribution in [0.3, 0.4) is 0 Å². The molecule has 11 nitrogen and oxygen atoms in total. The minimum Gasteiger partial charge on any atom is -0.376 e. The van der Waals surface area contributed by atoms with Crippen molar-refractivity contribution in [3.63, 3.8) is 0 Å². The van der Waals surface area contributed by atoms with Gasteiger partial charge in [0.1, 0.15) is 29.5 Å². The van der Waals surface area contributed by atoms with Crippen LogP contribution in [0, 0.1) is 6.92 Å². The molecule has 0 spiro atoms. The molecular formula is C25H33ClN6O5S. The third kappa shape index (κ3) is 6.55. The summed E-state index contributed by atoms with van der Waals surface area (Å²) in [6.07, 6.45) is 1.38. The van der Waals surface area contributed by atoms with Crippen molar-refractivity contribution in [1.82, 2.24) is 29.7 Å². The van der Waals surface area contributed by atoms with Gasteiger partial charge in [0.2, 0.25) is 0 Å². The summed E-state index contributed by atoms with van der Waals surface area (Å²) in [7, 11) is -3.83. The minimum atomic E-state index is -3.83. The lowest BCUT2D eigenvalue weighted by molar-refractivity contribution is -0.105. The van der Waals surface area contributed by atoms with Crippen LogP contribution in [-0.2, 0) is 29.8 Å². The topological polar surface area (TPSA) is 131 Å². The summed E-state index contributed by atoms with van der Waals surface area (Å²) in [5.41, 5.74) is 1.40. The zero-order valence-corrected chi connectivity index (χ0v) is 23.7. The Morgan fingerprint density at radius 3 is 2.50 bits per heavy atom. The van der Waals surface area contributed by atoms with Crippen LogP contribution < -0.4 is 0 Å². The Balaban J connectivity index is 1.71. The molecule has 38 heavy (non-hydrogen) atoms. The monoisotopic (exact) mass is 564 g/mol. The Bertz CT molecular complexity index is 1330. The summed E-state index contributed by atoms with van der Waals surface area (Å²) in [5.74, 6) is 0.601. The summed E-state index contributed by atoms with van der Waals surface area (Å²) < 4.78 is 46.9. The molecule has 4 atom stereocenters. The molecule has 0 radical (unpaired) electrons. The van der Waals surface area contributed by atoms with Gasteiger partial charge in [0.15, 0.2) is 21.5 Å². The number of pyridine rings is 1. The highest BCUT2D eigenvalue weighted by molar-refractivity contribution is 7.91. The van der Waals surface area contributed by atoms with Gasteiger partial charge >= 0.3 is 0 Å². The van der Waals surface area contributed by atoms with Gasteiger partial charge in [-0.1, -0.05) is 17.7 Å². The van der Waals surface area contributed by atoms with Crippen LogP contribution in [0.15, 0.2) is 30.6 Å². The maximum absolute atomic E-state index is 13.8. The van der Waals surface area contributed by atoms with E-state index >= 15 is 0 Å². The lowest BCUT2D eigenvalue weighted by Gasteiger charge is -2.30. The zero-order chi connectivity index (χ0) is 27.4. The first-order chi connectivity index (χ1) is 18.1. The fourth-order valence-corrected chi connectivity index (χ4v) is 5.77. The number of aromatic nitrogens is 6. The number of ether oxygens (including phenoxy) is 3. The third-order valence-electron chi connectivity index (χ3n) is 6.31. The van der Waals surface area contributed by atoms with Gasteiger partial charge in [0, 0.05) is 18.1 Å². The average Bonchev–Trinajstić information content (AvgIpc) is 3.30. The molecule has 0 saturated carbocycles. The van der Waals surface area contributed by atoms with Gasteiger partial charge in [-0.15, -0.1) is 10.2 Å². The van der Waals surface area contributed by atoms with Crippen molar-refractivity contribution in [3.05, 3.63) is 53.0 Å². The molecule has 0 aromatic carbocycles. The quantitative estimate of drug-likeness (QED) is 0.360. The second-order valence-electron chi connectivity index (χ2n) is 9.58. The summed E-state index contributed by atoms with van der Waals surface area (Å²) in [5, 5.41) is 8.05. The molecule has 1 aliphatic rings. The van der Waals surface area contributed by atoms with E-state index < -0.39 is 21.2 Å². The van der Waals surface area contributed by atoms with E-state index in [0.29, 0.717) is 36.4 Å². The molecule has 0 bridgehead atoms. The number of hydrogen-bond donors (Lipinski definition) is 0. The highest BCUT2D eigenvalue weighted by Crippen LogP contribution is 2.30. The van der Waals surface area contributed by atoms with Gasteiger partial charge in [-0.05, 0) is 46.8 Å². The van der Waals surface area contributed by atoms with E-state index in [0.717, 1.165) is 5.69 Å². The molecule has 3 aromatic rings. The van der Waals surface area contributed by atoms with Crippen LogP contribution in [0.4, 0.5) is 0 Å². The van der Waals surface area contributed by atoms with Crippen LogP contribution in [0.5, 0.6) is 0 Å². The Kier molecular flexibility index (Phi) is 9.09. The number of rotatable bonds is 10. The average molecular weight is 565 g/mol. The van der Waals surface area contributed by atoms with E-state index in [2.05, 4.69) is 25.1 Å². The molecule has 1 aliphatic heterocycles. The van der Waals surface area contributed by atoms with Gasteiger partial charge in [-0.25, -0.2) is 23.4 Å². The maximum Gasteiger partial charge on any atom is 0.182 e. The van der Waals surface area contributed by atoms with E-state index in [-0.39, 0.29) is 35.7 Å². The Morgan fingerprint density at radius 2 is 1.87 bits per heavy atom. The number of nitrogens with zero attached hydrogens (tertiary/aromatic N) is 6. The number of sulfone groups is 1. The molecule has 3 aromatic heterocycles. The van der Waals surface area contributed by atoms with Gasteiger partial charge in [-0.3, -0.25) is 0 Å². The summed E-state index contributed by atoms with van der Waals surface area (Å²) >= 11 is 5.95. The van der Waals surface area contributed by atoms with Crippen LogP contribution >= 0.6 is 11.6 Å². The second kappa shape index (κ2) is 12.1. The highest BCUT2D eigenvalue weighted by atomic mass is 35.5. The van der Waals surface area contributed by atoms with E-state index in [1.54, 1.807) is 11.5 Å². The standard InChI is InChI=1S/C25H33ClN6O5S/c1-15(2)37-23(24-27-11-19(26)12-28-24)18(5)38(33,34)14-22-30-31-25(20-8-6-7-16(3)29-20)32(22)17(4)21-13-35-9-10-36-21/h6-8,11-12,15,17-18,21,23H,9-10,13-14H2,1-5H3/t17-,18+,21+,23-/m1/s1. The van der Waals surface area contributed by atoms with E-state index in [1.807, 2.05) is 45.9 Å². The minimum absolute atomic E-state index is 0.242. The number of aryl methyl sites for hydroxylation is 1. The molecule has 0 amide bonds. The lowest BCUT2D eigenvalue weighted by atomic mass is 10.1. The number of halogens is 1. The van der Waals surface area contributed by atoms with E-state index in [1.165, 1.54) is 12.4 Å². The normalized spacial score (nSPS) is 18.9. The van der Waals surface area contributed by atoms with Crippen molar-refractivity contribution in [2.45, 2.75) is 70.0 Å². The molecule has 0 aliphatic carbocycles. The summed E-state index contributed by atoms with van der Waals surface area (Å²) in [4.78, 5) is 13.0. The van der Waals surface area contributed by atoms with Gasteiger partial charge in [0.05, 0.1) is 42.2 Å². The maximum atomic E-state index is 13.8. The van der Waals surface area contributed by atoms with Gasteiger partial charge in [-0.2, -0.15) is 0 Å². The van der Waals surface area contributed by atoms with Crippen LogP contribution in [0.25, 0.3) is 11.5 Å². The van der Waals surface area contributed by atoms with Crippen molar-refractivity contribution < 1.29 is 22.6 Å². The van der Waals surface area contributed by atoms with Crippen molar-refractivity contribution in [2.24, 2.45) is 0 Å². The second-order valence-corrected chi connectivity index (χ2v) is 12.4. The molecule has 1 saturated heterocycles. The molecule has 4 rings (SSSR count). The Morgan fingerprint density at radius 1 is 1.13 bits per heavy atom. The molecule has 206 valence electrons. The molecule has 0 unspecified atom stereocenters. The third-order valence-corrected chi connectivity index (χ3v) is 8.54. The summed E-state index contributed by atoms with van der Waals surface area (Å²) in [6.45, 7) is 10.4. The predicted molar refractivity (Wildman–Crippen MR) is 141 cm³/mol. The van der Waals surface area contributed by atoms with Crippen molar-refractivity contribution in [1.29, 1.82) is 0 Å². The fraction of sp³-hybridized carbons (Fsp3) is 0.560. The SMILES string of the molecule is Cc1cccc(-c2nnc(CS(=O)(=O)[C@@H](C)[C@@H](OC(C)C)c3ncc(Cl)cn3)n2[C@H](C)[C@@H]2COCCO2)n1. The van der Waals surface area contributed by atoms with E-state index in [4.69, 9.17) is 25.8 Å². The molecule has 0 N–H and O–H groups in total. The van der Waals surface area contributed by atoms with Crippen LogP contribution in [0.1, 0.15) is 57.2 Å². The van der Waals surface area contributed by atoms with E-state index in [9.17, 15) is 8.42 Å².